The highest BCUT2D eigenvalue weighted by Crippen LogP contribution is 2.53. The zero-order valence-electron chi connectivity index (χ0n) is 10.2. The Labute approximate surface area is 109 Å². The molecule has 0 bridgehead atoms. The molecule has 0 atom stereocenters. The summed E-state index contributed by atoms with van der Waals surface area (Å²) in [7, 11) is 0. The van der Waals surface area contributed by atoms with E-state index in [9.17, 15) is 13.2 Å². The molecule has 2 rings (SSSR count). The predicted octanol–water partition coefficient (Wildman–Crippen LogP) is 2.08. The van der Waals surface area contributed by atoms with E-state index in [1.807, 2.05) is 16.7 Å². The van der Waals surface area contributed by atoms with Gasteiger partial charge >= 0.3 is 6.18 Å². The standard InChI is InChI=1S/C11H18F3N3S/c12-11(13,14)10(2-1-3-10)8-16-9(15)17-4-6-18-7-5-17/h1-8H2,(H2,15,16). The van der Waals surface area contributed by atoms with Crippen LogP contribution in [0, 0.1) is 5.41 Å². The third-order valence-electron chi connectivity index (χ3n) is 3.79. The number of nitrogens with two attached hydrogens (primary N) is 1. The molecule has 2 N–H and O–H groups in total. The highest BCUT2D eigenvalue weighted by atomic mass is 32.2. The first kappa shape index (κ1) is 13.8. The van der Waals surface area contributed by atoms with Gasteiger partial charge in [-0.3, -0.25) is 4.99 Å². The second kappa shape index (κ2) is 5.19. The average Bonchev–Trinajstić information content (AvgIpc) is 2.26. The van der Waals surface area contributed by atoms with E-state index in [2.05, 4.69) is 4.99 Å². The Balaban J connectivity index is 1.96. The van der Waals surface area contributed by atoms with Crippen molar-refractivity contribution in [2.75, 3.05) is 31.1 Å². The summed E-state index contributed by atoms with van der Waals surface area (Å²) < 4.78 is 38.8. The smallest absolute Gasteiger partial charge is 0.370 e. The molecular formula is C11H18F3N3S. The third kappa shape index (κ3) is 2.70. The van der Waals surface area contributed by atoms with Crippen molar-refractivity contribution in [3.63, 3.8) is 0 Å². The monoisotopic (exact) mass is 281 g/mol. The van der Waals surface area contributed by atoms with Gasteiger partial charge in [0.1, 0.15) is 0 Å². The van der Waals surface area contributed by atoms with E-state index in [4.69, 9.17) is 5.73 Å². The van der Waals surface area contributed by atoms with Gasteiger partial charge in [0.05, 0.1) is 12.0 Å². The fourth-order valence-corrected chi connectivity index (χ4v) is 3.16. The topological polar surface area (TPSA) is 41.6 Å². The maximum absolute atomic E-state index is 12.9. The molecule has 0 aromatic rings. The molecule has 0 unspecified atom stereocenters. The van der Waals surface area contributed by atoms with Crippen molar-refractivity contribution in [3.05, 3.63) is 0 Å². The van der Waals surface area contributed by atoms with E-state index in [-0.39, 0.29) is 25.3 Å². The molecule has 1 aliphatic heterocycles. The molecule has 0 radical (unpaired) electrons. The van der Waals surface area contributed by atoms with Gasteiger partial charge in [0.25, 0.3) is 0 Å². The minimum absolute atomic E-state index is 0.184. The summed E-state index contributed by atoms with van der Waals surface area (Å²) in [6, 6.07) is 0. The normalized spacial score (nSPS) is 24.8. The maximum Gasteiger partial charge on any atom is 0.396 e. The van der Waals surface area contributed by atoms with Crippen molar-refractivity contribution in [1.29, 1.82) is 0 Å². The lowest BCUT2D eigenvalue weighted by atomic mass is 9.68. The number of aliphatic imine (C=N–C) groups is 1. The van der Waals surface area contributed by atoms with Gasteiger partial charge in [0, 0.05) is 24.6 Å². The molecule has 2 fully saturated rings. The molecule has 0 amide bonds. The zero-order chi connectivity index (χ0) is 13.2. The van der Waals surface area contributed by atoms with Crippen molar-refractivity contribution < 1.29 is 13.2 Å². The number of nitrogens with zero attached hydrogens (tertiary/aromatic N) is 2. The molecule has 0 aromatic carbocycles. The molecule has 1 aliphatic carbocycles. The molecule has 1 saturated carbocycles. The largest absolute Gasteiger partial charge is 0.396 e. The molecular weight excluding hydrogens is 263 g/mol. The molecule has 18 heavy (non-hydrogen) atoms. The Morgan fingerprint density at radius 3 is 2.33 bits per heavy atom. The van der Waals surface area contributed by atoms with Crippen molar-refractivity contribution in [1.82, 2.24) is 4.90 Å². The highest BCUT2D eigenvalue weighted by Gasteiger charge is 2.58. The Hall–Kier alpha value is -0.590. The van der Waals surface area contributed by atoms with Gasteiger partial charge in [-0.1, -0.05) is 6.42 Å². The van der Waals surface area contributed by atoms with Crippen LogP contribution in [0.5, 0.6) is 0 Å². The average molecular weight is 281 g/mol. The molecule has 3 nitrogen and oxygen atoms in total. The molecule has 0 aromatic heterocycles. The maximum atomic E-state index is 12.9. The van der Waals surface area contributed by atoms with Crippen LogP contribution in [-0.4, -0.2) is 48.2 Å². The first-order valence-electron chi connectivity index (χ1n) is 6.14. The van der Waals surface area contributed by atoms with Gasteiger partial charge in [-0.05, 0) is 12.8 Å². The van der Waals surface area contributed by atoms with Crippen LogP contribution in [0.15, 0.2) is 4.99 Å². The van der Waals surface area contributed by atoms with Crippen LogP contribution in [0.25, 0.3) is 0 Å². The van der Waals surface area contributed by atoms with E-state index in [0.29, 0.717) is 6.42 Å². The van der Waals surface area contributed by atoms with Gasteiger partial charge in [-0.25, -0.2) is 0 Å². The quantitative estimate of drug-likeness (QED) is 0.622. The molecule has 1 heterocycles. The van der Waals surface area contributed by atoms with Crippen LogP contribution >= 0.6 is 11.8 Å². The third-order valence-corrected chi connectivity index (χ3v) is 4.73. The zero-order valence-corrected chi connectivity index (χ0v) is 11.0. The Bertz CT molecular complexity index is 320. The highest BCUT2D eigenvalue weighted by molar-refractivity contribution is 7.99. The van der Waals surface area contributed by atoms with Crippen LogP contribution in [0.1, 0.15) is 19.3 Å². The summed E-state index contributed by atoms with van der Waals surface area (Å²) in [4.78, 5) is 5.87. The van der Waals surface area contributed by atoms with E-state index >= 15 is 0 Å². The van der Waals surface area contributed by atoms with E-state index in [1.54, 1.807) is 0 Å². The van der Waals surface area contributed by atoms with Gasteiger partial charge in [0.15, 0.2) is 5.96 Å². The number of hydrogen-bond donors (Lipinski definition) is 1. The summed E-state index contributed by atoms with van der Waals surface area (Å²) in [5, 5.41) is 0. The summed E-state index contributed by atoms with van der Waals surface area (Å²) in [6.07, 6.45) is -3.16. The van der Waals surface area contributed by atoms with Gasteiger partial charge in [-0.15, -0.1) is 0 Å². The second-order valence-corrected chi connectivity index (χ2v) is 6.13. The number of guanidine groups is 1. The fraction of sp³-hybridized carbons (Fsp3) is 0.909. The van der Waals surface area contributed by atoms with Crippen molar-refractivity contribution in [3.8, 4) is 0 Å². The van der Waals surface area contributed by atoms with Crippen molar-refractivity contribution in [2.24, 2.45) is 16.1 Å². The van der Waals surface area contributed by atoms with Crippen LogP contribution in [0.2, 0.25) is 0 Å². The number of halogens is 3. The second-order valence-electron chi connectivity index (χ2n) is 4.91. The first-order chi connectivity index (χ1) is 8.45. The summed E-state index contributed by atoms with van der Waals surface area (Å²) in [5.41, 5.74) is 4.17. The van der Waals surface area contributed by atoms with Crippen molar-refractivity contribution in [2.45, 2.75) is 25.4 Å². The number of thioether (sulfide) groups is 1. The summed E-state index contributed by atoms with van der Waals surface area (Å²) >= 11 is 1.83. The van der Waals surface area contributed by atoms with Crippen LogP contribution in [0.3, 0.4) is 0 Å². The Kier molecular flexibility index (Phi) is 3.99. The molecule has 0 spiro atoms. The van der Waals surface area contributed by atoms with Gasteiger partial charge in [0.2, 0.25) is 0 Å². The van der Waals surface area contributed by atoms with E-state index in [0.717, 1.165) is 24.6 Å². The molecule has 7 heteroatoms. The van der Waals surface area contributed by atoms with E-state index in [1.165, 1.54) is 0 Å². The molecule has 104 valence electrons. The Morgan fingerprint density at radius 1 is 1.28 bits per heavy atom. The Morgan fingerprint density at radius 2 is 1.89 bits per heavy atom. The van der Waals surface area contributed by atoms with E-state index < -0.39 is 11.6 Å². The lowest BCUT2D eigenvalue weighted by molar-refractivity contribution is -0.246. The SMILES string of the molecule is NC(=NCC1(C(F)(F)F)CCC1)N1CCSCC1. The molecule has 1 saturated heterocycles. The minimum atomic E-state index is -4.16. The van der Waals surface area contributed by atoms with Gasteiger partial charge < -0.3 is 10.6 Å². The lowest BCUT2D eigenvalue weighted by Gasteiger charge is -2.42. The summed E-state index contributed by atoms with van der Waals surface area (Å²) in [6.45, 7) is 1.34. The number of alkyl halides is 3. The lowest BCUT2D eigenvalue weighted by Crippen LogP contribution is -2.48. The predicted molar refractivity (Wildman–Crippen MR) is 67.7 cm³/mol. The molecule has 2 aliphatic rings. The summed E-state index contributed by atoms with van der Waals surface area (Å²) in [5.74, 6) is 2.19. The van der Waals surface area contributed by atoms with Crippen LogP contribution in [0.4, 0.5) is 13.2 Å². The number of rotatable bonds is 2. The van der Waals surface area contributed by atoms with Crippen LogP contribution < -0.4 is 5.73 Å². The first-order valence-corrected chi connectivity index (χ1v) is 7.29. The van der Waals surface area contributed by atoms with Gasteiger partial charge in [-0.2, -0.15) is 24.9 Å². The van der Waals surface area contributed by atoms with Crippen LogP contribution in [-0.2, 0) is 0 Å². The van der Waals surface area contributed by atoms with Crippen molar-refractivity contribution >= 4 is 17.7 Å². The fourth-order valence-electron chi connectivity index (χ4n) is 2.26. The number of hydrogen-bond acceptors (Lipinski definition) is 2. The minimum Gasteiger partial charge on any atom is -0.370 e.